The van der Waals surface area contributed by atoms with E-state index in [1.807, 2.05) is 12.1 Å². The number of aliphatic hydroxyl groups is 1. The van der Waals surface area contributed by atoms with Crippen molar-refractivity contribution in [3.63, 3.8) is 0 Å². The summed E-state index contributed by atoms with van der Waals surface area (Å²) in [6.45, 7) is 6.12. The average molecular weight is 288 g/mol. The molecule has 0 bridgehead atoms. The summed E-state index contributed by atoms with van der Waals surface area (Å²) >= 11 is 0. The third-order valence-corrected chi connectivity index (χ3v) is 3.59. The van der Waals surface area contributed by atoms with Crippen LogP contribution in [0.1, 0.15) is 57.1 Å². The third kappa shape index (κ3) is 7.90. The van der Waals surface area contributed by atoms with Gasteiger partial charge >= 0.3 is 0 Å². The SMILES string of the molecule is CCCCC(CC)COCc1ccc(C#CCCO)cc1. The fourth-order valence-corrected chi connectivity index (χ4v) is 2.15. The van der Waals surface area contributed by atoms with E-state index < -0.39 is 0 Å². The normalized spacial score (nSPS) is 11.8. The largest absolute Gasteiger partial charge is 0.395 e. The number of benzene rings is 1. The molecule has 2 nitrogen and oxygen atoms in total. The number of hydrogen-bond donors (Lipinski definition) is 1. The second-order valence-corrected chi connectivity index (χ2v) is 5.40. The Balaban J connectivity index is 2.34. The van der Waals surface area contributed by atoms with Crippen LogP contribution in [-0.4, -0.2) is 18.3 Å². The standard InChI is InChI=1S/C19H28O2/c1-3-5-8-17(4-2)15-21-16-19-12-10-18(11-13-19)9-6-7-14-20/h10-13,17,20H,3-5,7-8,14-16H2,1-2H3. The molecule has 0 fully saturated rings. The highest BCUT2D eigenvalue weighted by molar-refractivity contribution is 5.35. The molecule has 0 aliphatic rings. The summed E-state index contributed by atoms with van der Waals surface area (Å²) in [5.41, 5.74) is 2.18. The van der Waals surface area contributed by atoms with Gasteiger partial charge in [0.1, 0.15) is 0 Å². The molecule has 0 spiro atoms. The van der Waals surface area contributed by atoms with Crippen molar-refractivity contribution in [1.82, 2.24) is 0 Å². The number of unbranched alkanes of at least 4 members (excludes halogenated alkanes) is 1. The van der Waals surface area contributed by atoms with Crippen molar-refractivity contribution in [1.29, 1.82) is 0 Å². The highest BCUT2D eigenvalue weighted by Crippen LogP contribution is 2.14. The zero-order valence-electron chi connectivity index (χ0n) is 13.4. The van der Waals surface area contributed by atoms with Crippen molar-refractivity contribution in [2.24, 2.45) is 5.92 Å². The zero-order chi connectivity index (χ0) is 15.3. The quantitative estimate of drug-likeness (QED) is 0.692. The number of ether oxygens (including phenoxy) is 1. The van der Waals surface area contributed by atoms with Crippen LogP contribution in [0.25, 0.3) is 0 Å². The molecule has 1 rings (SSSR count). The molecule has 116 valence electrons. The molecule has 21 heavy (non-hydrogen) atoms. The van der Waals surface area contributed by atoms with E-state index in [4.69, 9.17) is 9.84 Å². The zero-order valence-corrected chi connectivity index (χ0v) is 13.4. The van der Waals surface area contributed by atoms with Crippen molar-refractivity contribution >= 4 is 0 Å². The first kappa shape index (κ1) is 17.8. The van der Waals surface area contributed by atoms with Gasteiger partial charge in [0.15, 0.2) is 0 Å². The molecule has 1 aromatic rings. The van der Waals surface area contributed by atoms with Crippen molar-refractivity contribution in [3.8, 4) is 11.8 Å². The van der Waals surface area contributed by atoms with E-state index in [1.165, 1.54) is 31.2 Å². The van der Waals surface area contributed by atoms with Crippen molar-refractivity contribution in [3.05, 3.63) is 35.4 Å². The van der Waals surface area contributed by atoms with E-state index in [2.05, 4.69) is 37.8 Å². The summed E-state index contributed by atoms with van der Waals surface area (Å²) < 4.78 is 5.84. The number of rotatable bonds is 9. The van der Waals surface area contributed by atoms with Crippen LogP contribution in [0, 0.1) is 17.8 Å². The molecule has 1 unspecified atom stereocenters. The number of hydrogen-bond acceptors (Lipinski definition) is 2. The first-order chi connectivity index (χ1) is 10.3. The van der Waals surface area contributed by atoms with Gasteiger partial charge in [-0.2, -0.15) is 0 Å². The topological polar surface area (TPSA) is 29.5 Å². The van der Waals surface area contributed by atoms with E-state index >= 15 is 0 Å². The van der Waals surface area contributed by atoms with Crippen LogP contribution in [0.15, 0.2) is 24.3 Å². The fourth-order valence-electron chi connectivity index (χ4n) is 2.15. The maximum Gasteiger partial charge on any atom is 0.0717 e. The minimum atomic E-state index is 0.121. The summed E-state index contributed by atoms with van der Waals surface area (Å²) in [6, 6.07) is 8.15. The van der Waals surface area contributed by atoms with Crippen molar-refractivity contribution in [2.45, 2.75) is 52.6 Å². The Bertz CT molecular complexity index is 425. The van der Waals surface area contributed by atoms with Gasteiger partial charge < -0.3 is 9.84 Å². The van der Waals surface area contributed by atoms with Crippen molar-refractivity contribution in [2.75, 3.05) is 13.2 Å². The molecule has 0 heterocycles. The Labute approximate surface area is 129 Å². The molecule has 1 atom stereocenters. The highest BCUT2D eigenvalue weighted by Gasteiger charge is 2.05. The molecular formula is C19H28O2. The first-order valence-electron chi connectivity index (χ1n) is 8.06. The number of aliphatic hydroxyl groups excluding tert-OH is 1. The van der Waals surface area contributed by atoms with Crippen LogP contribution in [0.2, 0.25) is 0 Å². The van der Waals surface area contributed by atoms with Gasteiger partial charge in [-0.1, -0.05) is 57.1 Å². The van der Waals surface area contributed by atoms with Crippen LogP contribution in [0.4, 0.5) is 0 Å². The van der Waals surface area contributed by atoms with Gasteiger partial charge in [-0.25, -0.2) is 0 Å². The molecule has 0 saturated heterocycles. The molecule has 1 aromatic carbocycles. The Kier molecular flexibility index (Phi) is 9.61. The molecule has 0 saturated carbocycles. The lowest BCUT2D eigenvalue weighted by molar-refractivity contribution is 0.0820. The smallest absolute Gasteiger partial charge is 0.0717 e. The van der Waals surface area contributed by atoms with E-state index in [9.17, 15) is 0 Å². The van der Waals surface area contributed by atoms with E-state index in [-0.39, 0.29) is 6.61 Å². The van der Waals surface area contributed by atoms with Gasteiger partial charge in [-0.3, -0.25) is 0 Å². The summed E-state index contributed by atoms with van der Waals surface area (Å²) in [5.74, 6) is 6.64. The lowest BCUT2D eigenvalue weighted by Crippen LogP contribution is -2.08. The van der Waals surface area contributed by atoms with Crippen LogP contribution in [-0.2, 0) is 11.3 Å². The van der Waals surface area contributed by atoms with Gasteiger partial charge in [0.25, 0.3) is 0 Å². The predicted molar refractivity (Wildman–Crippen MR) is 88.0 cm³/mol. The monoisotopic (exact) mass is 288 g/mol. The summed E-state index contributed by atoms with van der Waals surface area (Å²) in [4.78, 5) is 0. The summed E-state index contributed by atoms with van der Waals surface area (Å²) in [6.07, 6.45) is 5.55. The summed E-state index contributed by atoms with van der Waals surface area (Å²) in [5, 5.41) is 8.69. The van der Waals surface area contributed by atoms with Gasteiger partial charge in [-0.05, 0) is 30.0 Å². The van der Waals surface area contributed by atoms with E-state index in [1.54, 1.807) is 0 Å². The molecule has 0 radical (unpaired) electrons. The van der Waals surface area contributed by atoms with Crippen LogP contribution in [0.5, 0.6) is 0 Å². The average Bonchev–Trinajstić information content (AvgIpc) is 2.52. The minimum absolute atomic E-state index is 0.121. The van der Waals surface area contributed by atoms with Crippen molar-refractivity contribution < 1.29 is 9.84 Å². The molecule has 0 aliphatic heterocycles. The van der Waals surface area contributed by atoms with Crippen LogP contribution in [0.3, 0.4) is 0 Å². The molecule has 2 heteroatoms. The molecule has 1 N–H and O–H groups in total. The van der Waals surface area contributed by atoms with E-state index in [0.29, 0.717) is 18.9 Å². The predicted octanol–water partition coefficient (Wildman–Crippen LogP) is 4.15. The Morgan fingerprint density at radius 1 is 1.19 bits per heavy atom. The first-order valence-corrected chi connectivity index (χ1v) is 8.06. The minimum Gasteiger partial charge on any atom is -0.395 e. The van der Waals surface area contributed by atoms with E-state index in [0.717, 1.165) is 12.2 Å². The molecular weight excluding hydrogens is 260 g/mol. The third-order valence-electron chi connectivity index (χ3n) is 3.59. The maximum absolute atomic E-state index is 8.69. The second kappa shape index (κ2) is 11.4. The maximum atomic E-state index is 8.69. The van der Waals surface area contributed by atoms with Gasteiger partial charge in [-0.15, -0.1) is 0 Å². The Morgan fingerprint density at radius 2 is 1.95 bits per heavy atom. The Morgan fingerprint density at radius 3 is 2.57 bits per heavy atom. The summed E-state index contributed by atoms with van der Waals surface area (Å²) in [7, 11) is 0. The molecule has 0 aliphatic carbocycles. The second-order valence-electron chi connectivity index (χ2n) is 5.40. The molecule has 0 amide bonds. The van der Waals surface area contributed by atoms with Crippen LogP contribution >= 0.6 is 0 Å². The van der Waals surface area contributed by atoms with Gasteiger partial charge in [0.05, 0.1) is 13.2 Å². The fraction of sp³-hybridized carbons (Fsp3) is 0.579. The van der Waals surface area contributed by atoms with Crippen LogP contribution < -0.4 is 0 Å². The van der Waals surface area contributed by atoms with Gasteiger partial charge in [0.2, 0.25) is 0 Å². The lowest BCUT2D eigenvalue weighted by Gasteiger charge is -2.14. The Hall–Kier alpha value is -1.30. The lowest BCUT2D eigenvalue weighted by atomic mass is 10.0. The van der Waals surface area contributed by atoms with Gasteiger partial charge in [0, 0.05) is 18.6 Å². The highest BCUT2D eigenvalue weighted by atomic mass is 16.5. The molecule has 0 aromatic heterocycles.